The number of hydrogen-bond donors (Lipinski definition) is 0. The van der Waals surface area contributed by atoms with Gasteiger partial charge in [0.2, 0.25) is 11.9 Å². The van der Waals surface area contributed by atoms with Gasteiger partial charge in [-0.1, -0.05) is 0 Å². The van der Waals surface area contributed by atoms with E-state index in [4.69, 9.17) is 14.7 Å². The molecular formula is C22H28N6O2. The van der Waals surface area contributed by atoms with Crippen LogP contribution in [0.2, 0.25) is 0 Å². The molecule has 1 aliphatic rings. The molecular weight excluding hydrogens is 380 g/mol. The highest BCUT2D eigenvalue weighted by Gasteiger charge is 2.34. The van der Waals surface area contributed by atoms with Crippen LogP contribution in [0.15, 0.2) is 30.6 Å². The maximum atomic E-state index is 13.2. The first-order valence-electron chi connectivity index (χ1n) is 10.4. The van der Waals surface area contributed by atoms with Crippen LogP contribution in [0.3, 0.4) is 0 Å². The molecule has 0 aliphatic carbocycles. The molecule has 158 valence electrons. The third-order valence-corrected chi connectivity index (χ3v) is 5.51. The molecule has 1 saturated heterocycles. The van der Waals surface area contributed by atoms with Crippen LogP contribution >= 0.6 is 0 Å². The van der Waals surface area contributed by atoms with Crippen molar-refractivity contribution >= 4 is 22.8 Å². The third-order valence-electron chi connectivity index (χ3n) is 5.51. The van der Waals surface area contributed by atoms with Gasteiger partial charge in [-0.25, -0.2) is 9.97 Å². The van der Waals surface area contributed by atoms with E-state index in [1.165, 1.54) is 0 Å². The van der Waals surface area contributed by atoms with Gasteiger partial charge >= 0.3 is 0 Å². The van der Waals surface area contributed by atoms with Crippen molar-refractivity contribution in [2.24, 2.45) is 7.05 Å². The molecule has 1 atom stereocenters. The van der Waals surface area contributed by atoms with Crippen LogP contribution in [-0.4, -0.2) is 56.8 Å². The summed E-state index contributed by atoms with van der Waals surface area (Å²) in [5, 5.41) is 5.16. The summed E-state index contributed by atoms with van der Waals surface area (Å²) >= 11 is 0. The van der Waals surface area contributed by atoms with Gasteiger partial charge in [-0.2, -0.15) is 5.10 Å². The van der Waals surface area contributed by atoms with E-state index >= 15 is 0 Å². The van der Waals surface area contributed by atoms with Crippen molar-refractivity contribution in [3.8, 4) is 5.75 Å². The van der Waals surface area contributed by atoms with E-state index in [-0.39, 0.29) is 11.9 Å². The summed E-state index contributed by atoms with van der Waals surface area (Å²) in [5.74, 6) is 1.52. The highest BCUT2D eigenvalue weighted by Crippen LogP contribution is 2.28. The van der Waals surface area contributed by atoms with E-state index < -0.39 is 0 Å². The fourth-order valence-corrected chi connectivity index (χ4v) is 4.05. The summed E-state index contributed by atoms with van der Waals surface area (Å²) < 4.78 is 7.35. The number of carbonyl (C=O) groups excluding carboxylic acids is 1. The Morgan fingerprint density at radius 2 is 2.17 bits per heavy atom. The Morgan fingerprint density at radius 3 is 2.90 bits per heavy atom. The zero-order valence-corrected chi connectivity index (χ0v) is 18.0. The third kappa shape index (κ3) is 3.94. The summed E-state index contributed by atoms with van der Waals surface area (Å²) in [7, 11) is 3.72. The molecule has 1 aliphatic heterocycles. The van der Waals surface area contributed by atoms with E-state index in [0.717, 1.165) is 47.3 Å². The fourth-order valence-electron chi connectivity index (χ4n) is 4.05. The topological polar surface area (TPSA) is 76.4 Å². The minimum Gasteiger partial charge on any atom is -0.494 e. The number of hydrogen-bond acceptors (Lipinski definition) is 6. The van der Waals surface area contributed by atoms with Crippen LogP contribution in [0.25, 0.3) is 10.9 Å². The molecule has 0 spiro atoms. The van der Waals surface area contributed by atoms with E-state index in [1.807, 2.05) is 57.2 Å². The summed E-state index contributed by atoms with van der Waals surface area (Å²) in [5.41, 5.74) is 2.77. The lowest BCUT2D eigenvalue weighted by Crippen LogP contribution is -2.44. The number of aryl methyl sites for hydroxylation is 2. The van der Waals surface area contributed by atoms with E-state index in [9.17, 15) is 4.79 Å². The summed E-state index contributed by atoms with van der Waals surface area (Å²) in [6.07, 6.45) is 5.48. The van der Waals surface area contributed by atoms with Crippen molar-refractivity contribution in [3.63, 3.8) is 0 Å². The largest absolute Gasteiger partial charge is 0.494 e. The molecule has 8 heteroatoms. The van der Waals surface area contributed by atoms with Crippen molar-refractivity contribution in [2.75, 3.05) is 25.1 Å². The van der Waals surface area contributed by atoms with Gasteiger partial charge in [0.05, 0.1) is 24.0 Å². The molecule has 3 heterocycles. The number of anilines is 1. The van der Waals surface area contributed by atoms with Crippen molar-refractivity contribution in [1.82, 2.24) is 24.6 Å². The lowest BCUT2D eigenvalue weighted by atomic mass is 10.1. The molecule has 1 unspecified atom stereocenters. The normalized spacial score (nSPS) is 16.3. The number of fused-ring (bicyclic) bond motifs is 1. The van der Waals surface area contributed by atoms with Crippen LogP contribution in [0, 0.1) is 6.92 Å². The van der Waals surface area contributed by atoms with Gasteiger partial charge in [-0.3, -0.25) is 9.48 Å². The summed E-state index contributed by atoms with van der Waals surface area (Å²) in [4.78, 5) is 26.5. The molecule has 0 N–H and O–H groups in total. The van der Waals surface area contributed by atoms with Gasteiger partial charge in [0, 0.05) is 44.3 Å². The second-order valence-corrected chi connectivity index (χ2v) is 7.79. The van der Waals surface area contributed by atoms with Crippen LogP contribution < -0.4 is 9.64 Å². The van der Waals surface area contributed by atoms with Crippen LogP contribution in [-0.2, 0) is 18.4 Å². The lowest BCUT2D eigenvalue weighted by molar-refractivity contribution is -0.131. The quantitative estimate of drug-likeness (QED) is 0.624. The maximum Gasteiger partial charge on any atom is 0.245 e. The van der Waals surface area contributed by atoms with Gasteiger partial charge in [-0.05, 0) is 44.9 Å². The Bertz CT molecular complexity index is 1060. The Hall–Kier alpha value is -3.16. The second-order valence-electron chi connectivity index (χ2n) is 7.79. The van der Waals surface area contributed by atoms with Gasteiger partial charge in [0.15, 0.2) is 0 Å². The number of ether oxygens (including phenoxy) is 1. The Labute approximate surface area is 176 Å². The number of benzene rings is 1. The average molecular weight is 409 g/mol. The SMILES string of the molecule is CCOc1ccc2nc(N3CCCC3C(=O)N(C)Cc3cnn(C)c3)nc(C)c2c1. The molecule has 4 rings (SSSR count). The number of likely N-dealkylation sites (N-methyl/N-ethyl adjacent to an activating group) is 1. The minimum atomic E-state index is -0.244. The summed E-state index contributed by atoms with van der Waals surface area (Å²) in [6, 6.07) is 5.62. The van der Waals surface area contributed by atoms with E-state index in [2.05, 4.69) is 5.10 Å². The molecule has 8 nitrogen and oxygen atoms in total. The zero-order chi connectivity index (χ0) is 21.3. The highest BCUT2D eigenvalue weighted by atomic mass is 16.5. The molecule has 1 fully saturated rings. The molecule has 0 bridgehead atoms. The Morgan fingerprint density at radius 1 is 1.33 bits per heavy atom. The van der Waals surface area contributed by atoms with Crippen molar-refractivity contribution in [1.29, 1.82) is 0 Å². The first-order valence-corrected chi connectivity index (χ1v) is 10.4. The van der Waals surface area contributed by atoms with E-state index in [0.29, 0.717) is 19.1 Å². The number of carbonyl (C=O) groups is 1. The monoisotopic (exact) mass is 408 g/mol. The van der Waals surface area contributed by atoms with Crippen LogP contribution in [0.4, 0.5) is 5.95 Å². The van der Waals surface area contributed by atoms with Gasteiger partial charge in [-0.15, -0.1) is 0 Å². The van der Waals surface area contributed by atoms with Crippen LogP contribution in [0.5, 0.6) is 5.75 Å². The Kier molecular flexibility index (Phi) is 5.57. The van der Waals surface area contributed by atoms with Gasteiger partial charge in [0.25, 0.3) is 0 Å². The lowest BCUT2D eigenvalue weighted by Gasteiger charge is -2.28. The smallest absolute Gasteiger partial charge is 0.245 e. The number of aromatic nitrogens is 4. The maximum absolute atomic E-state index is 13.2. The first-order chi connectivity index (χ1) is 14.5. The van der Waals surface area contributed by atoms with Gasteiger partial charge in [0.1, 0.15) is 11.8 Å². The predicted molar refractivity (Wildman–Crippen MR) is 115 cm³/mol. The molecule has 30 heavy (non-hydrogen) atoms. The van der Waals surface area contributed by atoms with E-state index in [1.54, 1.807) is 15.8 Å². The Balaban J connectivity index is 1.57. The van der Waals surface area contributed by atoms with Gasteiger partial charge < -0.3 is 14.5 Å². The molecule has 1 amide bonds. The fraction of sp³-hybridized carbons (Fsp3) is 0.455. The van der Waals surface area contributed by atoms with Crippen molar-refractivity contribution < 1.29 is 9.53 Å². The molecule has 3 aromatic rings. The number of rotatable bonds is 6. The average Bonchev–Trinajstić information content (AvgIpc) is 3.37. The molecule has 0 saturated carbocycles. The summed E-state index contributed by atoms with van der Waals surface area (Å²) in [6.45, 7) is 5.87. The molecule has 2 aromatic heterocycles. The highest BCUT2D eigenvalue weighted by molar-refractivity contribution is 5.87. The van der Waals surface area contributed by atoms with Crippen molar-refractivity contribution in [3.05, 3.63) is 41.9 Å². The molecule has 1 aromatic carbocycles. The number of amides is 1. The van der Waals surface area contributed by atoms with Crippen LogP contribution in [0.1, 0.15) is 31.0 Å². The molecule has 0 radical (unpaired) electrons. The number of nitrogens with zero attached hydrogens (tertiary/aromatic N) is 6. The minimum absolute atomic E-state index is 0.0874. The van der Waals surface area contributed by atoms with Crippen molar-refractivity contribution in [2.45, 2.75) is 39.3 Å². The zero-order valence-electron chi connectivity index (χ0n) is 18.0. The second kappa shape index (κ2) is 8.30. The predicted octanol–water partition coefficient (Wildman–Crippen LogP) is 2.70. The first kappa shape index (κ1) is 20.1. The standard InChI is InChI=1S/C22H28N6O2/c1-5-30-17-8-9-19-18(11-17)15(2)24-22(25-19)28-10-6-7-20(28)21(29)26(3)13-16-12-23-27(4)14-16/h8-9,11-12,14,20H,5-7,10,13H2,1-4H3.